The summed E-state index contributed by atoms with van der Waals surface area (Å²) in [5.74, 6) is 0. The van der Waals surface area contributed by atoms with Crippen LogP contribution in [-0.4, -0.2) is 32.2 Å². The Bertz CT molecular complexity index is 713. The van der Waals surface area contributed by atoms with Crippen molar-refractivity contribution in [1.82, 2.24) is 15.0 Å². The fourth-order valence-electron chi connectivity index (χ4n) is 1.96. The molecule has 5 nitrogen and oxygen atoms in total. The topological polar surface area (TPSA) is 71.2 Å². The van der Waals surface area contributed by atoms with Crippen molar-refractivity contribution in [3.05, 3.63) is 60.8 Å². The summed E-state index contributed by atoms with van der Waals surface area (Å²) < 4.78 is 1.61. The van der Waals surface area contributed by atoms with Crippen molar-refractivity contribution in [2.45, 2.75) is 0 Å². The maximum atomic E-state index is 9.19. The van der Waals surface area contributed by atoms with Crippen LogP contribution in [0, 0.1) is 0 Å². The molecule has 0 aliphatic heterocycles. The van der Waals surface area contributed by atoms with Gasteiger partial charge in [-0.15, -0.1) is 5.10 Å². The third-order valence-electron chi connectivity index (χ3n) is 3.00. The molecule has 0 saturated heterocycles. The fourth-order valence-corrected chi connectivity index (χ4v) is 1.96. The van der Waals surface area contributed by atoms with Gasteiger partial charge in [0.15, 0.2) is 0 Å². The van der Waals surface area contributed by atoms with Gasteiger partial charge in [-0.3, -0.25) is 0 Å². The van der Waals surface area contributed by atoms with Crippen LogP contribution < -0.4 is 5.46 Å². The SMILES string of the molecule is OB(O)c1cccc(-n2cc(-c3ccccc3)nn2)c1. The van der Waals surface area contributed by atoms with Gasteiger partial charge in [-0.1, -0.05) is 47.7 Å². The van der Waals surface area contributed by atoms with Gasteiger partial charge in [-0.2, -0.15) is 0 Å². The largest absolute Gasteiger partial charge is 0.488 e. The summed E-state index contributed by atoms with van der Waals surface area (Å²) in [7, 11) is -1.49. The van der Waals surface area contributed by atoms with E-state index in [-0.39, 0.29) is 0 Å². The molecule has 0 unspecified atom stereocenters. The summed E-state index contributed by atoms with van der Waals surface area (Å²) in [5, 5.41) is 26.6. The maximum absolute atomic E-state index is 9.19. The molecule has 20 heavy (non-hydrogen) atoms. The highest BCUT2D eigenvalue weighted by Crippen LogP contribution is 2.16. The third-order valence-corrected chi connectivity index (χ3v) is 3.00. The lowest BCUT2D eigenvalue weighted by Crippen LogP contribution is -2.29. The summed E-state index contributed by atoms with van der Waals surface area (Å²) in [5.41, 5.74) is 2.89. The number of nitrogens with zero attached hydrogens (tertiary/aromatic N) is 3. The molecule has 0 bridgehead atoms. The Hall–Kier alpha value is -2.44. The van der Waals surface area contributed by atoms with E-state index in [1.54, 1.807) is 29.1 Å². The number of benzene rings is 2. The molecule has 0 aliphatic rings. The van der Waals surface area contributed by atoms with E-state index in [4.69, 9.17) is 0 Å². The van der Waals surface area contributed by atoms with Crippen LogP contribution in [0.4, 0.5) is 0 Å². The summed E-state index contributed by atoms with van der Waals surface area (Å²) in [6.07, 6.45) is 1.80. The first-order valence-electron chi connectivity index (χ1n) is 6.18. The molecule has 0 amide bonds. The lowest BCUT2D eigenvalue weighted by atomic mass is 9.80. The predicted molar refractivity (Wildman–Crippen MR) is 76.6 cm³/mol. The van der Waals surface area contributed by atoms with E-state index in [1.807, 2.05) is 36.4 Å². The second-order valence-electron chi connectivity index (χ2n) is 4.38. The Morgan fingerprint density at radius 2 is 1.75 bits per heavy atom. The molecule has 6 heteroatoms. The number of hydrogen-bond acceptors (Lipinski definition) is 4. The molecule has 0 saturated carbocycles. The molecule has 0 fully saturated rings. The van der Waals surface area contributed by atoms with E-state index in [2.05, 4.69) is 10.3 Å². The van der Waals surface area contributed by atoms with Crippen LogP contribution in [0.1, 0.15) is 0 Å². The van der Waals surface area contributed by atoms with Crippen LogP contribution in [0.25, 0.3) is 16.9 Å². The molecule has 1 aromatic heterocycles. The van der Waals surface area contributed by atoms with E-state index >= 15 is 0 Å². The van der Waals surface area contributed by atoms with Crippen molar-refractivity contribution >= 4 is 12.6 Å². The van der Waals surface area contributed by atoms with Crippen LogP contribution in [-0.2, 0) is 0 Å². The van der Waals surface area contributed by atoms with Crippen LogP contribution >= 0.6 is 0 Å². The zero-order chi connectivity index (χ0) is 13.9. The highest BCUT2D eigenvalue weighted by atomic mass is 16.4. The first kappa shape index (κ1) is 12.6. The van der Waals surface area contributed by atoms with E-state index in [0.717, 1.165) is 16.9 Å². The smallest absolute Gasteiger partial charge is 0.423 e. The fraction of sp³-hybridized carbons (Fsp3) is 0. The third kappa shape index (κ3) is 2.47. The normalized spacial score (nSPS) is 10.5. The summed E-state index contributed by atoms with van der Waals surface area (Å²) in [6.45, 7) is 0. The first-order chi connectivity index (χ1) is 9.74. The van der Waals surface area contributed by atoms with Gasteiger partial charge < -0.3 is 10.0 Å². The van der Waals surface area contributed by atoms with Gasteiger partial charge in [0.05, 0.1) is 11.9 Å². The minimum atomic E-state index is -1.49. The molecule has 2 N–H and O–H groups in total. The lowest BCUT2D eigenvalue weighted by Gasteiger charge is -2.03. The van der Waals surface area contributed by atoms with Crippen molar-refractivity contribution in [2.24, 2.45) is 0 Å². The number of hydrogen-bond donors (Lipinski definition) is 2. The minimum Gasteiger partial charge on any atom is -0.423 e. The van der Waals surface area contributed by atoms with E-state index in [1.165, 1.54) is 0 Å². The standard InChI is InChI=1S/C14H12BN3O2/c19-15(20)12-7-4-8-13(9-12)18-10-14(16-17-18)11-5-2-1-3-6-11/h1-10,19-20H. The molecule has 3 rings (SSSR count). The van der Waals surface area contributed by atoms with E-state index in [0.29, 0.717) is 5.46 Å². The average Bonchev–Trinajstić information content (AvgIpc) is 2.98. The quantitative estimate of drug-likeness (QED) is 0.681. The van der Waals surface area contributed by atoms with Gasteiger partial charge in [0.1, 0.15) is 5.69 Å². The molecule has 0 spiro atoms. The number of aromatic nitrogens is 3. The van der Waals surface area contributed by atoms with Gasteiger partial charge >= 0.3 is 7.12 Å². The van der Waals surface area contributed by atoms with E-state index < -0.39 is 7.12 Å². The summed E-state index contributed by atoms with van der Waals surface area (Å²) in [6, 6.07) is 16.6. The zero-order valence-corrected chi connectivity index (χ0v) is 10.6. The van der Waals surface area contributed by atoms with Crippen LogP contribution in [0.3, 0.4) is 0 Å². The summed E-state index contributed by atoms with van der Waals surface area (Å²) in [4.78, 5) is 0. The van der Waals surface area contributed by atoms with Gasteiger partial charge in [-0.05, 0) is 17.6 Å². The van der Waals surface area contributed by atoms with Crippen LogP contribution in [0.5, 0.6) is 0 Å². The molecule has 1 heterocycles. The van der Waals surface area contributed by atoms with Crippen molar-refractivity contribution in [1.29, 1.82) is 0 Å². The molecule has 98 valence electrons. The van der Waals surface area contributed by atoms with Crippen molar-refractivity contribution in [3.63, 3.8) is 0 Å². The Balaban J connectivity index is 1.96. The molecule has 2 aromatic carbocycles. The lowest BCUT2D eigenvalue weighted by molar-refractivity contribution is 0.425. The second-order valence-corrected chi connectivity index (χ2v) is 4.38. The highest BCUT2D eigenvalue weighted by molar-refractivity contribution is 6.58. The average molecular weight is 265 g/mol. The van der Waals surface area contributed by atoms with Crippen molar-refractivity contribution < 1.29 is 10.0 Å². The van der Waals surface area contributed by atoms with Gasteiger partial charge in [0, 0.05) is 5.56 Å². The zero-order valence-electron chi connectivity index (χ0n) is 10.6. The molecular formula is C14H12BN3O2. The van der Waals surface area contributed by atoms with Gasteiger partial charge in [0.25, 0.3) is 0 Å². The highest BCUT2D eigenvalue weighted by Gasteiger charge is 2.12. The number of rotatable bonds is 3. The molecule has 0 radical (unpaired) electrons. The molecule has 3 aromatic rings. The summed E-state index contributed by atoms with van der Waals surface area (Å²) >= 11 is 0. The second kappa shape index (κ2) is 5.28. The first-order valence-corrected chi connectivity index (χ1v) is 6.18. The van der Waals surface area contributed by atoms with E-state index in [9.17, 15) is 10.0 Å². The van der Waals surface area contributed by atoms with Crippen molar-refractivity contribution in [2.75, 3.05) is 0 Å². The van der Waals surface area contributed by atoms with Crippen LogP contribution in [0.2, 0.25) is 0 Å². The Morgan fingerprint density at radius 1 is 0.950 bits per heavy atom. The molecular weight excluding hydrogens is 253 g/mol. The monoisotopic (exact) mass is 265 g/mol. The minimum absolute atomic E-state index is 0.416. The van der Waals surface area contributed by atoms with Gasteiger partial charge in [0.2, 0.25) is 0 Å². The van der Waals surface area contributed by atoms with Crippen LogP contribution in [0.15, 0.2) is 60.8 Å². The van der Waals surface area contributed by atoms with Crippen molar-refractivity contribution in [3.8, 4) is 16.9 Å². The Morgan fingerprint density at radius 3 is 2.50 bits per heavy atom. The molecule has 0 atom stereocenters. The Kier molecular flexibility index (Phi) is 3.33. The Labute approximate surface area is 116 Å². The maximum Gasteiger partial charge on any atom is 0.488 e. The van der Waals surface area contributed by atoms with Gasteiger partial charge in [-0.25, -0.2) is 4.68 Å². The molecule has 0 aliphatic carbocycles. The predicted octanol–water partition coefficient (Wildman–Crippen LogP) is 0.614.